The van der Waals surface area contributed by atoms with Gasteiger partial charge in [0.1, 0.15) is 12.1 Å². The molecular weight excluding hydrogens is 368 g/mol. The van der Waals surface area contributed by atoms with E-state index in [2.05, 4.69) is 21.8 Å². The summed E-state index contributed by atoms with van der Waals surface area (Å²) >= 11 is 0. The Balaban J connectivity index is 1.73. The van der Waals surface area contributed by atoms with E-state index in [1.54, 1.807) is 7.11 Å². The molecule has 0 saturated carbocycles. The van der Waals surface area contributed by atoms with Crippen LogP contribution in [0.3, 0.4) is 0 Å². The van der Waals surface area contributed by atoms with Crippen LogP contribution < -0.4 is 14.4 Å². The second-order valence-corrected chi connectivity index (χ2v) is 8.51. The van der Waals surface area contributed by atoms with Crippen molar-refractivity contribution in [3.05, 3.63) is 36.2 Å². The number of carbonyl (C=O) groups excluding carboxylic acids is 1. The number of methoxy groups -OCH3 is 1. The zero-order valence-corrected chi connectivity index (χ0v) is 18.1. The molecule has 0 spiro atoms. The third kappa shape index (κ3) is 4.78. The Bertz CT molecular complexity index is 879. The standard InChI is InChI=1S/C22H30N4O3/c1-15-7-8-17(18(11-15)28-6)29-20-12-19(23-14-24-20)25-9-10-26(16(2)13-25)21(27)22(3,4)5/h7-8,11-12,14,16H,9-10,13H2,1-6H3. The largest absolute Gasteiger partial charge is 0.493 e. The summed E-state index contributed by atoms with van der Waals surface area (Å²) < 4.78 is 11.4. The molecule has 1 fully saturated rings. The highest BCUT2D eigenvalue weighted by Gasteiger charge is 2.34. The van der Waals surface area contributed by atoms with Gasteiger partial charge in [0.25, 0.3) is 0 Å². The molecule has 2 heterocycles. The SMILES string of the molecule is COc1cc(C)ccc1Oc1cc(N2CCN(C(=O)C(C)(C)C)C(C)C2)ncn1. The summed E-state index contributed by atoms with van der Waals surface area (Å²) in [6.45, 7) is 12.1. The Hall–Kier alpha value is -2.83. The van der Waals surface area contributed by atoms with E-state index >= 15 is 0 Å². The topological polar surface area (TPSA) is 67.8 Å². The van der Waals surface area contributed by atoms with Gasteiger partial charge >= 0.3 is 0 Å². The lowest BCUT2D eigenvalue weighted by Crippen LogP contribution is -2.56. The summed E-state index contributed by atoms with van der Waals surface area (Å²) in [5.74, 6) is 2.70. The third-order valence-electron chi connectivity index (χ3n) is 5.02. The number of ether oxygens (including phenoxy) is 2. The average Bonchev–Trinajstić information content (AvgIpc) is 2.68. The highest BCUT2D eigenvalue weighted by molar-refractivity contribution is 5.82. The van der Waals surface area contributed by atoms with Crippen molar-refractivity contribution in [2.45, 2.75) is 40.7 Å². The van der Waals surface area contributed by atoms with Gasteiger partial charge in [-0.2, -0.15) is 0 Å². The van der Waals surface area contributed by atoms with Crippen LogP contribution in [-0.2, 0) is 4.79 Å². The molecule has 1 atom stereocenters. The smallest absolute Gasteiger partial charge is 0.228 e. The number of amides is 1. The second kappa shape index (κ2) is 8.27. The van der Waals surface area contributed by atoms with Gasteiger partial charge < -0.3 is 19.3 Å². The number of rotatable bonds is 4. The van der Waals surface area contributed by atoms with E-state index in [1.807, 2.05) is 56.9 Å². The molecular formula is C22H30N4O3. The molecule has 156 valence electrons. The quantitative estimate of drug-likeness (QED) is 0.783. The van der Waals surface area contributed by atoms with Gasteiger partial charge in [-0.1, -0.05) is 26.8 Å². The van der Waals surface area contributed by atoms with Gasteiger partial charge in [-0.05, 0) is 31.5 Å². The number of anilines is 1. The fraction of sp³-hybridized carbons (Fsp3) is 0.500. The van der Waals surface area contributed by atoms with E-state index in [0.29, 0.717) is 30.5 Å². The molecule has 7 nitrogen and oxygen atoms in total. The minimum atomic E-state index is -0.376. The van der Waals surface area contributed by atoms with Crippen molar-refractivity contribution < 1.29 is 14.3 Å². The van der Waals surface area contributed by atoms with Gasteiger partial charge in [0.15, 0.2) is 11.5 Å². The molecule has 29 heavy (non-hydrogen) atoms. The zero-order chi connectivity index (χ0) is 21.2. The first kappa shape index (κ1) is 20.9. The van der Waals surface area contributed by atoms with Crippen LogP contribution in [0.25, 0.3) is 0 Å². The molecule has 1 aliphatic heterocycles. The summed E-state index contributed by atoms with van der Waals surface area (Å²) in [6.07, 6.45) is 1.50. The van der Waals surface area contributed by atoms with Crippen LogP contribution >= 0.6 is 0 Å². The highest BCUT2D eigenvalue weighted by atomic mass is 16.5. The van der Waals surface area contributed by atoms with E-state index in [9.17, 15) is 4.79 Å². The van der Waals surface area contributed by atoms with Crippen LogP contribution in [0.2, 0.25) is 0 Å². The molecule has 0 N–H and O–H groups in total. The van der Waals surface area contributed by atoms with Crippen molar-refractivity contribution in [3.63, 3.8) is 0 Å². The maximum absolute atomic E-state index is 12.7. The molecule has 1 unspecified atom stereocenters. The molecule has 7 heteroatoms. The van der Waals surface area contributed by atoms with E-state index in [1.165, 1.54) is 6.33 Å². The number of aromatic nitrogens is 2. The van der Waals surface area contributed by atoms with Gasteiger partial charge in [0.2, 0.25) is 11.8 Å². The van der Waals surface area contributed by atoms with Crippen molar-refractivity contribution in [2.24, 2.45) is 5.41 Å². The second-order valence-electron chi connectivity index (χ2n) is 8.51. The van der Waals surface area contributed by atoms with Crippen LogP contribution in [0.15, 0.2) is 30.6 Å². The van der Waals surface area contributed by atoms with Gasteiger partial charge in [-0.15, -0.1) is 0 Å². The first-order chi connectivity index (χ1) is 13.7. The molecule has 0 bridgehead atoms. The minimum Gasteiger partial charge on any atom is -0.493 e. The van der Waals surface area contributed by atoms with Gasteiger partial charge in [0.05, 0.1) is 7.11 Å². The minimum absolute atomic E-state index is 0.104. The number of benzene rings is 1. The molecule has 1 amide bonds. The van der Waals surface area contributed by atoms with Gasteiger partial charge in [-0.3, -0.25) is 4.79 Å². The van der Waals surface area contributed by atoms with E-state index in [0.717, 1.165) is 17.9 Å². The summed E-state index contributed by atoms with van der Waals surface area (Å²) in [7, 11) is 1.62. The predicted octanol–water partition coefficient (Wildman–Crippen LogP) is 3.67. The zero-order valence-electron chi connectivity index (χ0n) is 18.1. The number of piperazine rings is 1. The summed E-state index contributed by atoms with van der Waals surface area (Å²) in [5, 5.41) is 0. The molecule has 1 aromatic carbocycles. The molecule has 0 radical (unpaired) electrons. The third-order valence-corrected chi connectivity index (χ3v) is 5.02. The van der Waals surface area contributed by atoms with Crippen molar-refractivity contribution >= 4 is 11.7 Å². The van der Waals surface area contributed by atoms with E-state index in [-0.39, 0.29) is 17.4 Å². The average molecular weight is 399 g/mol. The van der Waals surface area contributed by atoms with Crippen molar-refractivity contribution in [1.82, 2.24) is 14.9 Å². The fourth-order valence-corrected chi connectivity index (χ4v) is 3.43. The Morgan fingerprint density at radius 1 is 1.14 bits per heavy atom. The number of aryl methyl sites for hydroxylation is 1. The predicted molar refractivity (Wildman–Crippen MR) is 113 cm³/mol. The van der Waals surface area contributed by atoms with Gasteiger partial charge in [-0.25, -0.2) is 9.97 Å². The summed E-state index contributed by atoms with van der Waals surface area (Å²) in [6, 6.07) is 7.69. The lowest BCUT2D eigenvalue weighted by atomic mass is 9.93. The van der Waals surface area contributed by atoms with E-state index in [4.69, 9.17) is 9.47 Å². The van der Waals surface area contributed by atoms with Crippen LogP contribution in [0, 0.1) is 12.3 Å². The number of hydrogen-bond donors (Lipinski definition) is 0. The molecule has 2 aromatic rings. The molecule has 1 saturated heterocycles. The van der Waals surface area contributed by atoms with Crippen molar-refractivity contribution in [3.8, 4) is 17.4 Å². The van der Waals surface area contributed by atoms with Crippen LogP contribution in [0.1, 0.15) is 33.3 Å². The summed E-state index contributed by atoms with van der Waals surface area (Å²) in [4.78, 5) is 25.5. The van der Waals surface area contributed by atoms with Crippen molar-refractivity contribution in [1.29, 1.82) is 0 Å². The first-order valence-corrected chi connectivity index (χ1v) is 9.89. The van der Waals surface area contributed by atoms with Crippen molar-refractivity contribution in [2.75, 3.05) is 31.6 Å². The fourth-order valence-electron chi connectivity index (χ4n) is 3.43. The number of nitrogens with zero attached hydrogens (tertiary/aromatic N) is 4. The van der Waals surface area contributed by atoms with Gasteiger partial charge in [0, 0.05) is 37.2 Å². The Morgan fingerprint density at radius 3 is 2.55 bits per heavy atom. The Labute approximate surface area is 172 Å². The number of hydrogen-bond acceptors (Lipinski definition) is 6. The molecule has 3 rings (SSSR count). The van der Waals surface area contributed by atoms with Crippen LogP contribution in [0.4, 0.5) is 5.82 Å². The number of carbonyl (C=O) groups is 1. The highest BCUT2D eigenvalue weighted by Crippen LogP contribution is 2.32. The first-order valence-electron chi connectivity index (χ1n) is 9.89. The lowest BCUT2D eigenvalue weighted by Gasteiger charge is -2.42. The molecule has 1 aromatic heterocycles. The maximum Gasteiger partial charge on any atom is 0.228 e. The van der Waals surface area contributed by atoms with E-state index < -0.39 is 0 Å². The molecule has 1 aliphatic rings. The van der Waals surface area contributed by atoms with Crippen LogP contribution in [0.5, 0.6) is 17.4 Å². The summed E-state index contributed by atoms with van der Waals surface area (Å²) in [5.41, 5.74) is 0.716. The van der Waals surface area contributed by atoms with Crippen LogP contribution in [-0.4, -0.2) is 53.6 Å². The monoisotopic (exact) mass is 398 g/mol. The normalized spacial score (nSPS) is 17.2. The molecule has 0 aliphatic carbocycles. The Morgan fingerprint density at radius 2 is 1.90 bits per heavy atom. The lowest BCUT2D eigenvalue weighted by molar-refractivity contribution is -0.142. The maximum atomic E-state index is 12.7. The Kier molecular flexibility index (Phi) is 5.96.